The summed E-state index contributed by atoms with van der Waals surface area (Å²) in [5.74, 6) is 0.152. The van der Waals surface area contributed by atoms with Crippen LogP contribution in [-0.4, -0.2) is 25.5 Å². The maximum atomic E-state index is 12.5. The lowest BCUT2D eigenvalue weighted by atomic mass is 10.1. The minimum absolute atomic E-state index is 0.0970. The van der Waals surface area contributed by atoms with Gasteiger partial charge in [-0.15, -0.1) is 5.10 Å². The Kier molecular flexibility index (Phi) is 3.01. The van der Waals surface area contributed by atoms with Crippen LogP contribution in [-0.2, 0) is 0 Å². The number of benzene rings is 2. The number of anilines is 1. The first kappa shape index (κ1) is 13.4. The number of nitrogens with one attached hydrogen (secondary N) is 1. The van der Waals surface area contributed by atoms with Crippen molar-refractivity contribution in [2.24, 2.45) is 0 Å². The van der Waals surface area contributed by atoms with Crippen molar-refractivity contribution >= 4 is 28.1 Å². The van der Waals surface area contributed by atoms with Crippen LogP contribution in [0.5, 0.6) is 0 Å². The third kappa shape index (κ3) is 2.30. The molecule has 0 saturated carbocycles. The summed E-state index contributed by atoms with van der Waals surface area (Å²) in [5, 5.41) is 9.13. The molecule has 6 nitrogen and oxygen atoms in total. The molecule has 0 saturated heterocycles. The molecule has 4 rings (SSSR count). The zero-order valence-electron chi connectivity index (χ0n) is 12.4. The average molecular weight is 303 g/mol. The molecule has 0 radical (unpaired) electrons. The molecule has 0 fully saturated rings. The van der Waals surface area contributed by atoms with Crippen molar-refractivity contribution in [3.63, 3.8) is 0 Å². The molecule has 0 atom stereocenters. The normalized spacial score (nSPS) is 11.0. The number of amides is 1. The predicted octanol–water partition coefficient (Wildman–Crippen LogP) is 2.84. The Morgan fingerprint density at radius 1 is 1.09 bits per heavy atom. The monoisotopic (exact) mass is 303 g/mol. The summed E-state index contributed by atoms with van der Waals surface area (Å²) in [5.41, 5.74) is 1.60. The molecule has 0 spiro atoms. The maximum absolute atomic E-state index is 12.5. The molecule has 2 aromatic carbocycles. The number of fused-ring (bicyclic) bond motifs is 2. The summed E-state index contributed by atoms with van der Waals surface area (Å²) in [6.07, 6.45) is 1.64. The fraction of sp³-hybridized carbons (Fsp3) is 0.0588. The van der Waals surface area contributed by atoms with Crippen LogP contribution < -0.4 is 5.32 Å². The van der Waals surface area contributed by atoms with E-state index in [1.807, 2.05) is 55.5 Å². The van der Waals surface area contributed by atoms with Gasteiger partial charge in [0.05, 0.1) is 0 Å². The summed E-state index contributed by atoms with van der Waals surface area (Å²) in [4.78, 5) is 20.8. The lowest BCUT2D eigenvalue weighted by Crippen LogP contribution is -2.14. The van der Waals surface area contributed by atoms with Crippen molar-refractivity contribution in [3.05, 3.63) is 66.2 Å². The summed E-state index contributed by atoms with van der Waals surface area (Å²) in [6.45, 7) is 1.88. The van der Waals surface area contributed by atoms with E-state index in [-0.39, 0.29) is 11.7 Å². The molecule has 0 unspecified atom stereocenters. The van der Waals surface area contributed by atoms with E-state index in [4.69, 9.17) is 0 Å². The molecule has 0 aliphatic carbocycles. The van der Waals surface area contributed by atoms with E-state index >= 15 is 0 Å². The van der Waals surface area contributed by atoms with Gasteiger partial charge in [0.2, 0.25) is 5.82 Å². The van der Waals surface area contributed by atoms with E-state index < -0.39 is 0 Å². The van der Waals surface area contributed by atoms with Crippen LogP contribution >= 0.6 is 0 Å². The first-order valence-corrected chi connectivity index (χ1v) is 7.20. The molecule has 2 aromatic heterocycles. The predicted molar refractivity (Wildman–Crippen MR) is 87.4 cm³/mol. The topological polar surface area (TPSA) is 72.2 Å². The molecule has 6 heteroatoms. The Balaban J connectivity index is 1.72. The summed E-state index contributed by atoms with van der Waals surface area (Å²) in [7, 11) is 0. The largest absolute Gasteiger partial charge is 0.319 e. The van der Waals surface area contributed by atoms with Gasteiger partial charge in [-0.1, -0.05) is 36.4 Å². The SMILES string of the molecule is Cc1ccnc2nc(C(=O)Nc3cccc4ccccc34)nn12. The standard InChI is InChI=1S/C17H13N5O/c1-11-9-10-18-17-20-15(21-22(11)17)16(23)19-14-8-4-6-12-5-2-3-7-13(12)14/h2-10H,1H3,(H,19,23). The van der Waals surface area contributed by atoms with Crippen molar-refractivity contribution in [1.82, 2.24) is 19.6 Å². The number of carbonyl (C=O) groups is 1. The molecule has 1 N–H and O–H groups in total. The molecule has 4 aromatic rings. The number of aryl methyl sites for hydroxylation is 1. The van der Waals surface area contributed by atoms with Crippen LogP contribution in [0.3, 0.4) is 0 Å². The van der Waals surface area contributed by atoms with Crippen LogP contribution in [0.4, 0.5) is 5.69 Å². The summed E-state index contributed by atoms with van der Waals surface area (Å²) >= 11 is 0. The quantitative estimate of drug-likeness (QED) is 0.618. The van der Waals surface area contributed by atoms with Gasteiger partial charge in [0.25, 0.3) is 11.7 Å². The first-order chi connectivity index (χ1) is 11.2. The summed E-state index contributed by atoms with van der Waals surface area (Å²) < 4.78 is 1.55. The van der Waals surface area contributed by atoms with Gasteiger partial charge in [-0.3, -0.25) is 4.79 Å². The second kappa shape index (κ2) is 5.17. The highest BCUT2D eigenvalue weighted by Crippen LogP contribution is 2.23. The van der Waals surface area contributed by atoms with Crippen LogP contribution in [0.2, 0.25) is 0 Å². The minimum Gasteiger partial charge on any atom is -0.319 e. The third-order valence-electron chi connectivity index (χ3n) is 3.67. The molecule has 0 bridgehead atoms. The molecule has 112 valence electrons. The van der Waals surface area contributed by atoms with E-state index in [9.17, 15) is 4.79 Å². The van der Waals surface area contributed by atoms with Crippen LogP contribution in [0.15, 0.2) is 54.7 Å². The molecular formula is C17H13N5O. The van der Waals surface area contributed by atoms with Gasteiger partial charge in [-0.25, -0.2) is 9.50 Å². The summed E-state index contributed by atoms with van der Waals surface area (Å²) in [6, 6.07) is 15.4. The average Bonchev–Trinajstić information content (AvgIpc) is 3.01. The van der Waals surface area contributed by atoms with Crippen LogP contribution in [0.25, 0.3) is 16.6 Å². The van der Waals surface area contributed by atoms with Gasteiger partial charge < -0.3 is 5.32 Å². The Labute approximate surface area is 131 Å². The van der Waals surface area contributed by atoms with Gasteiger partial charge in [0.15, 0.2) is 0 Å². The van der Waals surface area contributed by atoms with Crippen molar-refractivity contribution in [3.8, 4) is 0 Å². The fourth-order valence-corrected chi connectivity index (χ4v) is 2.52. The van der Waals surface area contributed by atoms with E-state index in [1.54, 1.807) is 10.7 Å². The number of hydrogen-bond acceptors (Lipinski definition) is 4. The molecule has 23 heavy (non-hydrogen) atoms. The van der Waals surface area contributed by atoms with Crippen LogP contribution in [0, 0.1) is 6.92 Å². The highest BCUT2D eigenvalue weighted by Gasteiger charge is 2.15. The van der Waals surface area contributed by atoms with Crippen molar-refractivity contribution in [2.45, 2.75) is 6.92 Å². The van der Waals surface area contributed by atoms with Gasteiger partial charge in [-0.05, 0) is 24.4 Å². The van der Waals surface area contributed by atoms with Gasteiger partial charge >= 0.3 is 0 Å². The fourth-order valence-electron chi connectivity index (χ4n) is 2.52. The van der Waals surface area contributed by atoms with E-state index in [0.717, 1.165) is 22.2 Å². The highest BCUT2D eigenvalue weighted by atomic mass is 16.2. The number of rotatable bonds is 2. The number of nitrogens with zero attached hydrogens (tertiary/aromatic N) is 4. The molecule has 2 heterocycles. The minimum atomic E-state index is -0.355. The zero-order chi connectivity index (χ0) is 15.8. The number of carbonyl (C=O) groups excluding carboxylic acids is 1. The number of aromatic nitrogens is 4. The zero-order valence-corrected chi connectivity index (χ0v) is 12.4. The lowest BCUT2D eigenvalue weighted by Gasteiger charge is -2.06. The lowest BCUT2D eigenvalue weighted by molar-refractivity contribution is 0.101. The smallest absolute Gasteiger partial charge is 0.295 e. The Morgan fingerprint density at radius 2 is 1.91 bits per heavy atom. The third-order valence-corrected chi connectivity index (χ3v) is 3.67. The van der Waals surface area contributed by atoms with E-state index in [0.29, 0.717) is 5.78 Å². The molecule has 0 aliphatic heterocycles. The molecular weight excluding hydrogens is 290 g/mol. The Morgan fingerprint density at radius 3 is 2.78 bits per heavy atom. The second-order valence-corrected chi connectivity index (χ2v) is 5.21. The van der Waals surface area contributed by atoms with Gasteiger partial charge in [-0.2, -0.15) is 4.98 Å². The Hall–Kier alpha value is -3.28. The molecule has 0 aliphatic rings. The van der Waals surface area contributed by atoms with Crippen molar-refractivity contribution in [2.75, 3.05) is 5.32 Å². The molecule has 1 amide bonds. The highest BCUT2D eigenvalue weighted by molar-refractivity contribution is 6.07. The second-order valence-electron chi connectivity index (χ2n) is 5.21. The van der Waals surface area contributed by atoms with E-state index in [2.05, 4.69) is 20.4 Å². The van der Waals surface area contributed by atoms with Gasteiger partial charge in [0.1, 0.15) is 0 Å². The van der Waals surface area contributed by atoms with Crippen LogP contribution in [0.1, 0.15) is 16.3 Å². The van der Waals surface area contributed by atoms with Crippen molar-refractivity contribution in [1.29, 1.82) is 0 Å². The first-order valence-electron chi connectivity index (χ1n) is 7.20. The van der Waals surface area contributed by atoms with E-state index in [1.165, 1.54) is 0 Å². The Bertz CT molecular complexity index is 1030. The van der Waals surface area contributed by atoms with Crippen molar-refractivity contribution < 1.29 is 4.79 Å². The number of hydrogen-bond donors (Lipinski definition) is 1. The maximum Gasteiger partial charge on any atom is 0.295 e. The van der Waals surface area contributed by atoms with Gasteiger partial charge in [0, 0.05) is 23.0 Å².